The second kappa shape index (κ2) is 10.1. The number of guanidine groups is 1. The maximum Gasteiger partial charge on any atom is 0.251 e. The highest BCUT2D eigenvalue weighted by Crippen LogP contribution is 2.10. The molecule has 2 aromatic carbocycles. The van der Waals surface area contributed by atoms with E-state index in [1.54, 1.807) is 20.3 Å². The molecule has 0 aliphatic heterocycles. The number of benzene rings is 2. The molecule has 0 saturated heterocycles. The van der Waals surface area contributed by atoms with Crippen molar-refractivity contribution in [1.82, 2.24) is 25.7 Å². The van der Waals surface area contributed by atoms with Crippen molar-refractivity contribution in [3.05, 3.63) is 89.2 Å². The van der Waals surface area contributed by atoms with Gasteiger partial charge in [0.05, 0.1) is 6.54 Å². The van der Waals surface area contributed by atoms with E-state index < -0.39 is 0 Å². The average molecular weight is 390 g/mol. The first-order valence-corrected chi connectivity index (χ1v) is 9.49. The lowest BCUT2D eigenvalue weighted by molar-refractivity contribution is 0.0963. The molecular weight excluding hydrogens is 364 g/mol. The topological polar surface area (TPSA) is 83.3 Å². The van der Waals surface area contributed by atoms with E-state index in [1.807, 2.05) is 53.3 Å². The highest BCUT2D eigenvalue weighted by atomic mass is 16.1. The van der Waals surface area contributed by atoms with E-state index in [-0.39, 0.29) is 5.91 Å². The van der Waals surface area contributed by atoms with Crippen molar-refractivity contribution in [2.24, 2.45) is 4.99 Å². The number of aliphatic imine (C=N–C) groups is 1. The van der Waals surface area contributed by atoms with E-state index in [0.717, 1.165) is 12.1 Å². The molecule has 0 unspecified atom stereocenters. The minimum atomic E-state index is -0.0873. The molecule has 7 heteroatoms. The van der Waals surface area contributed by atoms with Gasteiger partial charge in [-0.3, -0.25) is 14.5 Å². The summed E-state index contributed by atoms with van der Waals surface area (Å²) < 4.78 is 1.91. The van der Waals surface area contributed by atoms with Crippen LogP contribution in [0.1, 0.15) is 27.0 Å². The van der Waals surface area contributed by atoms with Gasteiger partial charge in [-0.15, -0.1) is 0 Å². The van der Waals surface area contributed by atoms with E-state index in [9.17, 15) is 4.79 Å². The fourth-order valence-electron chi connectivity index (χ4n) is 2.96. The molecule has 0 aliphatic rings. The molecule has 29 heavy (non-hydrogen) atoms. The molecule has 3 aromatic rings. The summed E-state index contributed by atoms with van der Waals surface area (Å²) >= 11 is 0. The van der Waals surface area contributed by atoms with Crippen LogP contribution in [0.25, 0.3) is 0 Å². The number of carbonyl (C=O) groups excluding carboxylic acids is 1. The average Bonchev–Trinajstić information content (AvgIpc) is 3.28. The lowest BCUT2D eigenvalue weighted by atomic mass is 10.1. The standard InChI is InChI=1S/C22H26N6O/c1-23-21(29)18-10-8-17(9-11-18)14-25-22(24-2)26-15-19-6-3-4-7-20(19)16-28-13-5-12-27-28/h3-13H,14-16H2,1-2H3,(H,23,29)(H2,24,25,26). The van der Waals surface area contributed by atoms with Gasteiger partial charge in [-0.25, -0.2) is 0 Å². The molecule has 150 valence electrons. The fraction of sp³-hybridized carbons (Fsp3) is 0.227. The van der Waals surface area contributed by atoms with Crippen LogP contribution < -0.4 is 16.0 Å². The highest BCUT2D eigenvalue weighted by molar-refractivity contribution is 5.93. The Morgan fingerprint density at radius 2 is 1.72 bits per heavy atom. The predicted molar refractivity (Wildman–Crippen MR) is 115 cm³/mol. The predicted octanol–water partition coefficient (Wildman–Crippen LogP) is 2.16. The van der Waals surface area contributed by atoms with Gasteiger partial charge in [0, 0.05) is 45.1 Å². The Kier molecular flexibility index (Phi) is 7.00. The minimum Gasteiger partial charge on any atom is -0.355 e. The van der Waals surface area contributed by atoms with Crippen LogP contribution in [0.5, 0.6) is 0 Å². The summed E-state index contributed by atoms with van der Waals surface area (Å²) in [6.45, 7) is 2.00. The van der Waals surface area contributed by atoms with Gasteiger partial charge < -0.3 is 16.0 Å². The van der Waals surface area contributed by atoms with Crippen LogP contribution in [-0.2, 0) is 19.6 Å². The molecule has 0 atom stereocenters. The highest BCUT2D eigenvalue weighted by Gasteiger charge is 2.06. The molecule has 3 rings (SSSR count). The van der Waals surface area contributed by atoms with Crippen LogP contribution in [0.2, 0.25) is 0 Å². The third kappa shape index (κ3) is 5.68. The van der Waals surface area contributed by atoms with E-state index in [2.05, 4.69) is 38.2 Å². The molecule has 0 saturated carbocycles. The summed E-state index contributed by atoms with van der Waals surface area (Å²) in [6, 6.07) is 17.7. The van der Waals surface area contributed by atoms with Gasteiger partial charge in [-0.1, -0.05) is 36.4 Å². The number of nitrogens with one attached hydrogen (secondary N) is 3. The summed E-state index contributed by atoms with van der Waals surface area (Å²) in [5.74, 6) is 0.630. The number of nitrogens with zero attached hydrogens (tertiary/aromatic N) is 3. The summed E-state index contributed by atoms with van der Waals surface area (Å²) in [5.41, 5.74) is 4.12. The number of amides is 1. The smallest absolute Gasteiger partial charge is 0.251 e. The first kappa shape index (κ1) is 20.1. The van der Waals surface area contributed by atoms with Crippen LogP contribution >= 0.6 is 0 Å². The Hall–Kier alpha value is -3.61. The van der Waals surface area contributed by atoms with Crippen molar-refractivity contribution < 1.29 is 4.79 Å². The van der Waals surface area contributed by atoms with Gasteiger partial charge in [0.25, 0.3) is 5.91 Å². The van der Waals surface area contributed by atoms with Gasteiger partial charge >= 0.3 is 0 Å². The van der Waals surface area contributed by atoms with Gasteiger partial charge in [-0.2, -0.15) is 5.10 Å². The fourth-order valence-corrected chi connectivity index (χ4v) is 2.96. The third-order valence-electron chi connectivity index (χ3n) is 4.58. The first-order chi connectivity index (χ1) is 14.2. The summed E-state index contributed by atoms with van der Waals surface area (Å²) in [5, 5.41) is 13.6. The molecule has 0 aliphatic carbocycles. The molecule has 0 radical (unpaired) electrons. The molecule has 1 heterocycles. The zero-order valence-electron chi connectivity index (χ0n) is 16.7. The molecule has 3 N–H and O–H groups in total. The Labute approximate surface area is 170 Å². The lowest BCUT2D eigenvalue weighted by Gasteiger charge is -2.14. The zero-order chi connectivity index (χ0) is 20.5. The Morgan fingerprint density at radius 3 is 2.38 bits per heavy atom. The van der Waals surface area contributed by atoms with Crippen molar-refractivity contribution in [2.75, 3.05) is 14.1 Å². The van der Waals surface area contributed by atoms with Gasteiger partial charge in [-0.05, 0) is 34.9 Å². The van der Waals surface area contributed by atoms with Crippen molar-refractivity contribution in [1.29, 1.82) is 0 Å². The number of aromatic nitrogens is 2. The first-order valence-electron chi connectivity index (χ1n) is 9.49. The maximum absolute atomic E-state index is 11.6. The second-order valence-electron chi connectivity index (χ2n) is 6.53. The number of hydrogen-bond acceptors (Lipinski definition) is 3. The van der Waals surface area contributed by atoms with Crippen LogP contribution in [0, 0.1) is 0 Å². The Bertz CT molecular complexity index is 948. The van der Waals surface area contributed by atoms with Crippen LogP contribution in [0.15, 0.2) is 72.0 Å². The van der Waals surface area contributed by atoms with Gasteiger partial charge in [0.1, 0.15) is 0 Å². The van der Waals surface area contributed by atoms with Crippen molar-refractivity contribution in [3.8, 4) is 0 Å². The quantitative estimate of drug-likeness (QED) is 0.426. The van der Waals surface area contributed by atoms with E-state index >= 15 is 0 Å². The molecule has 0 fully saturated rings. The van der Waals surface area contributed by atoms with Crippen molar-refractivity contribution >= 4 is 11.9 Å². The Balaban J connectivity index is 1.55. The molecule has 1 aromatic heterocycles. The van der Waals surface area contributed by atoms with Gasteiger partial charge in [0.2, 0.25) is 0 Å². The third-order valence-corrected chi connectivity index (χ3v) is 4.58. The van der Waals surface area contributed by atoms with E-state index in [1.165, 1.54) is 11.1 Å². The maximum atomic E-state index is 11.6. The normalized spacial score (nSPS) is 11.2. The van der Waals surface area contributed by atoms with Crippen LogP contribution in [-0.4, -0.2) is 35.7 Å². The Morgan fingerprint density at radius 1 is 1.00 bits per heavy atom. The summed E-state index contributed by atoms with van der Waals surface area (Å²) in [6.07, 6.45) is 3.74. The number of carbonyl (C=O) groups is 1. The zero-order valence-corrected chi connectivity index (χ0v) is 16.7. The molecule has 7 nitrogen and oxygen atoms in total. The summed E-state index contributed by atoms with van der Waals surface area (Å²) in [7, 11) is 3.38. The van der Waals surface area contributed by atoms with Crippen molar-refractivity contribution in [3.63, 3.8) is 0 Å². The number of hydrogen-bond donors (Lipinski definition) is 3. The van der Waals surface area contributed by atoms with Crippen LogP contribution in [0.3, 0.4) is 0 Å². The van der Waals surface area contributed by atoms with Crippen molar-refractivity contribution in [2.45, 2.75) is 19.6 Å². The van der Waals surface area contributed by atoms with Crippen LogP contribution in [0.4, 0.5) is 0 Å². The summed E-state index contributed by atoms with van der Waals surface area (Å²) in [4.78, 5) is 15.9. The van der Waals surface area contributed by atoms with E-state index in [4.69, 9.17) is 0 Å². The minimum absolute atomic E-state index is 0.0873. The molecule has 0 spiro atoms. The largest absolute Gasteiger partial charge is 0.355 e. The second-order valence-corrected chi connectivity index (χ2v) is 6.53. The molecular formula is C22H26N6O. The SMILES string of the molecule is CN=C(NCc1ccc(C(=O)NC)cc1)NCc1ccccc1Cn1cccn1. The molecule has 1 amide bonds. The monoisotopic (exact) mass is 390 g/mol. The lowest BCUT2D eigenvalue weighted by Crippen LogP contribution is -2.36. The van der Waals surface area contributed by atoms with E-state index in [0.29, 0.717) is 24.6 Å². The number of rotatable bonds is 7. The van der Waals surface area contributed by atoms with Gasteiger partial charge in [0.15, 0.2) is 5.96 Å². The molecule has 0 bridgehead atoms.